The topological polar surface area (TPSA) is 59.4 Å². The molecule has 4 nitrogen and oxygen atoms in total. The summed E-state index contributed by atoms with van der Waals surface area (Å²) in [6.07, 6.45) is 0. The van der Waals surface area contributed by atoms with Crippen LogP contribution in [0, 0.1) is 6.92 Å². The number of benzene rings is 1. The third kappa shape index (κ3) is 3.04. The maximum atomic E-state index is 10.3. The summed E-state index contributed by atoms with van der Waals surface area (Å²) in [5, 5.41) is 11.4. The second-order valence-corrected chi connectivity index (χ2v) is 4.36. The van der Waals surface area contributed by atoms with Crippen LogP contribution in [0.2, 0.25) is 0 Å². The quantitative estimate of drug-likeness (QED) is 0.904. The van der Waals surface area contributed by atoms with E-state index < -0.39 is 5.97 Å². The summed E-state index contributed by atoms with van der Waals surface area (Å²) < 4.78 is 5.05. The van der Waals surface area contributed by atoms with Gasteiger partial charge in [0.1, 0.15) is 10.8 Å². The first-order valence-electron chi connectivity index (χ1n) is 5.02. The number of hydrogen-bond acceptors (Lipinski definition) is 4. The second-order valence-electron chi connectivity index (χ2n) is 3.50. The molecule has 0 radical (unpaired) electrons. The van der Waals surface area contributed by atoms with Gasteiger partial charge in [-0.25, -0.2) is 9.78 Å². The number of carboxylic acids is 1. The van der Waals surface area contributed by atoms with Crippen LogP contribution in [-0.4, -0.2) is 22.7 Å². The Labute approximate surface area is 103 Å². The van der Waals surface area contributed by atoms with Crippen LogP contribution < -0.4 is 4.74 Å². The van der Waals surface area contributed by atoms with Gasteiger partial charge in [0, 0.05) is 16.6 Å². The molecule has 0 saturated heterocycles. The SMILES string of the molecule is Cc1csc(-c2ccc(OCC(=O)O)cc2)n1. The van der Waals surface area contributed by atoms with Crippen LogP contribution in [0.25, 0.3) is 10.6 Å². The largest absolute Gasteiger partial charge is 0.482 e. The summed E-state index contributed by atoms with van der Waals surface area (Å²) in [5.41, 5.74) is 2.00. The molecular weight excluding hydrogens is 238 g/mol. The van der Waals surface area contributed by atoms with Crippen LogP contribution in [0.4, 0.5) is 0 Å². The first-order chi connectivity index (χ1) is 8.15. The number of aliphatic carboxylic acids is 1. The molecule has 1 aromatic carbocycles. The summed E-state index contributed by atoms with van der Waals surface area (Å²) >= 11 is 1.58. The summed E-state index contributed by atoms with van der Waals surface area (Å²) in [6, 6.07) is 7.23. The van der Waals surface area contributed by atoms with Crippen molar-refractivity contribution in [3.8, 4) is 16.3 Å². The summed E-state index contributed by atoms with van der Waals surface area (Å²) in [6.45, 7) is 1.63. The van der Waals surface area contributed by atoms with Crippen molar-refractivity contribution in [3.05, 3.63) is 35.3 Å². The van der Waals surface area contributed by atoms with Crippen LogP contribution in [0.1, 0.15) is 5.69 Å². The normalized spacial score (nSPS) is 10.2. The highest BCUT2D eigenvalue weighted by Crippen LogP contribution is 2.25. The third-order valence-electron chi connectivity index (χ3n) is 2.08. The molecule has 1 N–H and O–H groups in total. The first kappa shape index (κ1) is 11.6. The Hall–Kier alpha value is -1.88. The molecule has 0 spiro atoms. The average molecular weight is 249 g/mol. The van der Waals surface area contributed by atoms with Crippen molar-refractivity contribution < 1.29 is 14.6 Å². The van der Waals surface area contributed by atoms with E-state index in [0.29, 0.717) is 5.75 Å². The highest BCUT2D eigenvalue weighted by Gasteiger charge is 2.03. The molecular formula is C12H11NO3S. The highest BCUT2D eigenvalue weighted by atomic mass is 32.1. The van der Waals surface area contributed by atoms with Crippen molar-refractivity contribution in [2.75, 3.05) is 6.61 Å². The third-order valence-corrected chi connectivity index (χ3v) is 3.09. The van der Waals surface area contributed by atoms with Crippen molar-refractivity contribution in [1.82, 2.24) is 4.98 Å². The Bertz CT molecular complexity index is 519. The monoisotopic (exact) mass is 249 g/mol. The van der Waals surface area contributed by atoms with Gasteiger partial charge in [0.15, 0.2) is 6.61 Å². The molecule has 88 valence electrons. The molecule has 0 aliphatic carbocycles. The molecule has 0 amide bonds. The van der Waals surface area contributed by atoms with E-state index in [9.17, 15) is 4.79 Å². The molecule has 0 aliphatic rings. The number of thiazole rings is 1. The van der Waals surface area contributed by atoms with E-state index >= 15 is 0 Å². The van der Waals surface area contributed by atoms with Gasteiger partial charge in [0.25, 0.3) is 0 Å². The zero-order valence-electron chi connectivity index (χ0n) is 9.21. The zero-order valence-corrected chi connectivity index (χ0v) is 10.0. The lowest BCUT2D eigenvalue weighted by Gasteiger charge is -2.03. The minimum atomic E-state index is -0.982. The predicted molar refractivity (Wildman–Crippen MR) is 65.4 cm³/mol. The Morgan fingerprint density at radius 1 is 1.41 bits per heavy atom. The maximum Gasteiger partial charge on any atom is 0.341 e. The van der Waals surface area contributed by atoms with E-state index in [1.807, 2.05) is 24.4 Å². The number of ether oxygens (including phenoxy) is 1. The van der Waals surface area contributed by atoms with Gasteiger partial charge in [-0.2, -0.15) is 0 Å². The van der Waals surface area contributed by atoms with Crippen LogP contribution in [0.3, 0.4) is 0 Å². The Morgan fingerprint density at radius 3 is 2.65 bits per heavy atom. The lowest BCUT2D eigenvalue weighted by Crippen LogP contribution is -2.09. The summed E-state index contributed by atoms with van der Waals surface area (Å²) in [7, 11) is 0. The molecule has 0 aliphatic heterocycles. The Kier molecular flexibility index (Phi) is 3.39. The van der Waals surface area contributed by atoms with Crippen LogP contribution in [-0.2, 0) is 4.79 Å². The molecule has 0 atom stereocenters. The van der Waals surface area contributed by atoms with Gasteiger partial charge >= 0.3 is 5.97 Å². The molecule has 0 bridgehead atoms. The number of hydrogen-bond donors (Lipinski definition) is 1. The minimum absolute atomic E-state index is 0.324. The smallest absolute Gasteiger partial charge is 0.341 e. The van der Waals surface area contributed by atoms with E-state index in [-0.39, 0.29) is 6.61 Å². The standard InChI is InChI=1S/C12H11NO3S/c1-8-7-17-12(13-8)9-2-4-10(5-3-9)16-6-11(14)15/h2-5,7H,6H2,1H3,(H,14,15). The van der Waals surface area contributed by atoms with Crippen molar-refractivity contribution >= 4 is 17.3 Å². The first-order valence-corrected chi connectivity index (χ1v) is 5.90. The lowest BCUT2D eigenvalue weighted by atomic mass is 10.2. The van der Waals surface area contributed by atoms with Gasteiger partial charge in [-0.05, 0) is 31.2 Å². The van der Waals surface area contributed by atoms with Crippen LogP contribution >= 0.6 is 11.3 Å². The van der Waals surface area contributed by atoms with E-state index in [4.69, 9.17) is 9.84 Å². The molecule has 0 unspecified atom stereocenters. The average Bonchev–Trinajstić information content (AvgIpc) is 2.74. The van der Waals surface area contributed by atoms with E-state index in [1.54, 1.807) is 23.5 Å². The van der Waals surface area contributed by atoms with Crippen molar-refractivity contribution in [3.63, 3.8) is 0 Å². The van der Waals surface area contributed by atoms with Gasteiger partial charge in [-0.1, -0.05) is 0 Å². The van der Waals surface area contributed by atoms with Crippen LogP contribution in [0.5, 0.6) is 5.75 Å². The Morgan fingerprint density at radius 2 is 2.12 bits per heavy atom. The minimum Gasteiger partial charge on any atom is -0.482 e. The molecule has 17 heavy (non-hydrogen) atoms. The number of aromatic nitrogens is 1. The fourth-order valence-electron chi connectivity index (χ4n) is 1.33. The van der Waals surface area contributed by atoms with Gasteiger partial charge in [0.05, 0.1) is 0 Å². The molecule has 2 aromatic rings. The number of nitrogens with zero attached hydrogens (tertiary/aromatic N) is 1. The summed E-state index contributed by atoms with van der Waals surface area (Å²) in [4.78, 5) is 14.7. The number of aryl methyl sites for hydroxylation is 1. The van der Waals surface area contributed by atoms with E-state index in [0.717, 1.165) is 16.3 Å². The van der Waals surface area contributed by atoms with Gasteiger partial charge < -0.3 is 9.84 Å². The van der Waals surface area contributed by atoms with Crippen LogP contribution in [0.15, 0.2) is 29.6 Å². The molecule has 0 saturated carbocycles. The lowest BCUT2D eigenvalue weighted by molar-refractivity contribution is -0.139. The van der Waals surface area contributed by atoms with Crippen molar-refractivity contribution in [2.45, 2.75) is 6.92 Å². The Balaban J connectivity index is 2.10. The summed E-state index contributed by atoms with van der Waals surface area (Å²) in [5.74, 6) is -0.436. The molecule has 2 rings (SSSR count). The molecule has 0 fully saturated rings. The molecule has 1 heterocycles. The van der Waals surface area contributed by atoms with Crippen molar-refractivity contribution in [1.29, 1.82) is 0 Å². The van der Waals surface area contributed by atoms with Gasteiger partial charge in [0.2, 0.25) is 0 Å². The van der Waals surface area contributed by atoms with E-state index in [1.165, 1.54) is 0 Å². The fourth-order valence-corrected chi connectivity index (χ4v) is 2.13. The maximum absolute atomic E-state index is 10.3. The zero-order chi connectivity index (χ0) is 12.3. The highest BCUT2D eigenvalue weighted by molar-refractivity contribution is 7.13. The second kappa shape index (κ2) is 4.97. The fraction of sp³-hybridized carbons (Fsp3) is 0.167. The van der Waals surface area contributed by atoms with Gasteiger partial charge in [-0.3, -0.25) is 0 Å². The molecule has 5 heteroatoms. The van der Waals surface area contributed by atoms with E-state index in [2.05, 4.69) is 4.98 Å². The predicted octanol–water partition coefficient (Wildman–Crippen LogP) is 2.58. The van der Waals surface area contributed by atoms with Gasteiger partial charge in [-0.15, -0.1) is 11.3 Å². The number of carbonyl (C=O) groups is 1. The number of carboxylic acid groups (broad SMARTS) is 1. The van der Waals surface area contributed by atoms with Crippen molar-refractivity contribution in [2.24, 2.45) is 0 Å². The molecule has 1 aromatic heterocycles. The number of rotatable bonds is 4.